The maximum Gasteiger partial charge on any atom is 0.323 e. The number of nitrogens with two attached hydrogens (primary N) is 1. The third-order valence-electron chi connectivity index (χ3n) is 7.01. The molecule has 38 heavy (non-hydrogen) atoms. The van der Waals surface area contributed by atoms with E-state index in [0.717, 1.165) is 29.5 Å². The number of aryl methyl sites for hydroxylation is 1. The summed E-state index contributed by atoms with van der Waals surface area (Å²) in [6.07, 6.45) is 2.05. The van der Waals surface area contributed by atoms with Crippen molar-refractivity contribution in [3.05, 3.63) is 64.2 Å². The fraction of sp³-hybridized carbons (Fsp3) is 0.296. The molecule has 0 bridgehead atoms. The molecule has 1 saturated heterocycles. The molecule has 0 spiro atoms. The number of imide groups is 2. The molecule has 2 aliphatic heterocycles. The van der Waals surface area contributed by atoms with Gasteiger partial charge in [0.25, 0.3) is 11.8 Å². The van der Waals surface area contributed by atoms with Gasteiger partial charge in [0.05, 0.1) is 19.6 Å². The van der Waals surface area contributed by atoms with Gasteiger partial charge in [0, 0.05) is 17.7 Å². The summed E-state index contributed by atoms with van der Waals surface area (Å²) in [7, 11) is 1.51. The van der Waals surface area contributed by atoms with Crippen molar-refractivity contribution >= 4 is 29.8 Å². The van der Waals surface area contributed by atoms with Gasteiger partial charge < -0.3 is 20.7 Å². The van der Waals surface area contributed by atoms with Crippen LogP contribution in [0.15, 0.2) is 36.4 Å². The molecule has 0 saturated carbocycles. The Kier molecular flexibility index (Phi) is 6.24. The monoisotopic (exact) mass is 515 g/mol. The number of amides is 7. The molecule has 3 aliphatic rings. The predicted octanol–water partition coefficient (Wildman–Crippen LogP) is 0.896. The normalized spacial score (nSPS) is 21.4. The van der Waals surface area contributed by atoms with E-state index in [1.807, 2.05) is 6.07 Å². The lowest BCUT2D eigenvalue weighted by molar-refractivity contribution is -0.123. The molecular formula is C27H25N5O6. The Morgan fingerprint density at radius 3 is 2.71 bits per heavy atom. The van der Waals surface area contributed by atoms with Gasteiger partial charge in [-0.15, -0.1) is 0 Å². The number of methoxy groups -OCH3 is 1. The van der Waals surface area contributed by atoms with Crippen molar-refractivity contribution in [2.45, 2.75) is 37.3 Å². The fourth-order valence-electron chi connectivity index (χ4n) is 5.16. The molecule has 11 nitrogen and oxygen atoms in total. The Labute approximate surface area is 218 Å². The van der Waals surface area contributed by atoms with Crippen LogP contribution in [0.5, 0.6) is 5.75 Å². The summed E-state index contributed by atoms with van der Waals surface area (Å²) in [5.41, 5.74) is 6.99. The maximum absolute atomic E-state index is 13.1. The molecule has 1 aliphatic carbocycles. The number of primary amides is 1. The minimum Gasteiger partial charge on any atom is -0.497 e. The summed E-state index contributed by atoms with van der Waals surface area (Å²) >= 11 is 0. The molecule has 2 atom stereocenters. The lowest BCUT2D eigenvalue weighted by atomic mass is 9.81. The van der Waals surface area contributed by atoms with E-state index in [0.29, 0.717) is 23.3 Å². The fourth-order valence-corrected chi connectivity index (χ4v) is 5.16. The van der Waals surface area contributed by atoms with Crippen molar-refractivity contribution in [3.63, 3.8) is 0 Å². The molecule has 1 fully saturated rings. The number of hydrogen-bond acceptors (Lipinski definition) is 6. The molecule has 5 rings (SSSR count). The lowest BCUT2D eigenvalue weighted by Gasteiger charge is -2.26. The average molecular weight is 516 g/mol. The van der Waals surface area contributed by atoms with Gasteiger partial charge in [0.1, 0.15) is 5.75 Å². The molecule has 2 heterocycles. The van der Waals surface area contributed by atoms with Gasteiger partial charge in [-0.2, -0.15) is 0 Å². The standard InChI is InChI=1S/C27H25N5O6/c1-38-18-7-6-17-13-32(23(34)21(17)12-18)14-27(24(35)30-26(37)31-27)10-9-15-5-8-19-16(11-15)3-2-4-20(19)22(33)29-25(28)36/h5-8,11-12,20H,2-4,13-14H2,1H3,(H3,28,29,33,36)(H2,30,31,35,37). The average Bonchev–Trinajstić information content (AvgIpc) is 3.35. The van der Waals surface area contributed by atoms with Crippen LogP contribution < -0.4 is 26.4 Å². The van der Waals surface area contributed by atoms with Crippen LogP contribution >= 0.6 is 0 Å². The highest BCUT2D eigenvalue weighted by atomic mass is 16.5. The number of urea groups is 2. The molecule has 2 aromatic carbocycles. The molecule has 5 N–H and O–H groups in total. The van der Waals surface area contributed by atoms with Gasteiger partial charge in [-0.25, -0.2) is 9.59 Å². The highest BCUT2D eigenvalue weighted by Crippen LogP contribution is 2.33. The summed E-state index contributed by atoms with van der Waals surface area (Å²) in [5, 5.41) is 6.97. The highest BCUT2D eigenvalue weighted by molar-refractivity contribution is 6.10. The Morgan fingerprint density at radius 1 is 1.18 bits per heavy atom. The van der Waals surface area contributed by atoms with Crippen LogP contribution in [0.1, 0.15) is 51.4 Å². The minimum atomic E-state index is -1.64. The van der Waals surface area contributed by atoms with Gasteiger partial charge in [-0.05, 0) is 60.2 Å². The molecule has 0 aromatic heterocycles. The molecule has 2 aromatic rings. The quantitative estimate of drug-likeness (QED) is 0.350. The van der Waals surface area contributed by atoms with E-state index >= 15 is 0 Å². The summed E-state index contributed by atoms with van der Waals surface area (Å²) in [4.78, 5) is 63.1. The van der Waals surface area contributed by atoms with E-state index in [1.54, 1.807) is 30.3 Å². The highest BCUT2D eigenvalue weighted by Gasteiger charge is 2.48. The topological polar surface area (TPSA) is 160 Å². The van der Waals surface area contributed by atoms with E-state index in [9.17, 15) is 24.0 Å². The van der Waals surface area contributed by atoms with Crippen LogP contribution in [0.25, 0.3) is 0 Å². The van der Waals surface area contributed by atoms with Gasteiger partial charge in [0.2, 0.25) is 11.4 Å². The number of nitrogens with zero attached hydrogens (tertiary/aromatic N) is 1. The zero-order valence-corrected chi connectivity index (χ0v) is 20.6. The second-order valence-electron chi connectivity index (χ2n) is 9.46. The zero-order valence-electron chi connectivity index (χ0n) is 20.6. The summed E-state index contributed by atoms with van der Waals surface area (Å²) in [6, 6.07) is 8.93. The molecule has 194 valence electrons. The Bertz CT molecular complexity index is 1460. The van der Waals surface area contributed by atoms with Crippen LogP contribution in [-0.4, -0.2) is 53.9 Å². The first-order valence-electron chi connectivity index (χ1n) is 12.1. The first kappa shape index (κ1) is 24.8. The van der Waals surface area contributed by atoms with Crippen LogP contribution in [-0.2, 0) is 22.6 Å². The van der Waals surface area contributed by atoms with E-state index in [4.69, 9.17) is 10.5 Å². The van der Waals surface area contributed by atoms with Gasteiger partial charge >= 0.3 is 12.1 Å². The van der Waals surface area contributed by atoms with E-state index in [-0.39, 0.29) is 19.0 Å². The van der Waals surface area contributed by atoms with Crippen molar-refractivity contribution in [3.8, 4) is 17.6 Å². The number of nitrogens with one attached hydrogen (secondary N) is 3. The molecule has 11 heteroatoms. The lowest BCUT2D eigenvalue weighted by Crippen LogP contribution is -2.54. The van der Waals surface area contributed by atoms with Crippen molar-refractivity contribution < 1.29 is 28.7 Å². The molecular weight excluding hydrogens is 490 g/mol. The van der Waals surface area contributed by atoms with Crippen molar-refractivity contribution in [1.82, 2.24) is 20.9 Å². The van der Waals surface area contributed by atoms with Crippen LogP contribution in [0.4, 0.5) is 9.59 Å². The molecule has 0 radical (unpaired) electrons. The van der Waals surface area contributed by atoms with E-state index < -0.39 is 35.3 Å². The maximum atomic E-state index is 13.1. The van der Waals surface area contributed by atoms with E-state index in [2.05, 4.69) is 27.8 Å². The smallest absolute Gasteiger partial charge is 0.323 e. The van der Waals surface area contributed by atoms with Gasteiger partial charge in [0.15, 0.2) is 0 Å². The predicted molar refractivity (Wildman–Crippen MR) is 134 cm³/mol. The zero-order chi connectivity index (χ0) is 27.0. The number of rotatable bonds is 4. The Balaban J connectivity index is 1.42. The van der Waals surface area contributed by atoms with Crippen molar-refractivity contribution in [1.29, 1.82) is 0 Å². The number of ether oxygens (including phenoxy) is 1. The van der Waals surface area contributed by atoms with Crippen molar-refractivity contribution in [2.24, 2.45) is 5.73 Å². The largest absolute Gasteiger partial charge is 0.497 e. The minimum absolute atomic E-state index is 0.145. The summed E-state index contributed by atoms with van der Waals surface area (Å²) in [6.45, 7) is 0.117. The summed E-state index contributed by atoms with van der Waals surface area (Å²) in [5.74, 6) is 4.54. The number of hydrogen-bond donors (Lipinski definition) is 4. The van der Waals surface area contributed by atoms with Crippen LogP contribution in [0, 0.1) is 11.8 Å². The number of carbonyl (C=O) groups is 5. The van der Waals surface area contributed by atoms with Gasteiger partial charge in [-0.1, -0.05) is 24.0 Å². The first-order chi connectivity index (χ1) is 18.2. The SMILES string of the molecule is COc1ccc2c(c1)C(=O)N(CC1(C#Cc3ccc4c(c3)CCCC4C(=O)NC(N)=O)NC(=O)NC1=O)C2. The van der Waals surface area contributed by atoms with Gasteiger partial charge in [-0.3, -0.25) is 25.0 Å². The van der Waals surface area contributed by atoms with Crippen LogP contribution in [0.2, 0.25) is 0 Å². The third-order valence-corrected chi connectivity index (χ3v) is 7.01. The summed E-state index contributed by atoms with van der Waals surface area (Å²) < 4.78 is 5.21. The third kappa shape index (κ3) is 4.52. The Hall–Kier alpha value is -4.85. The van der Waals surface area contributed by atoms with E-state index in [1.165, 1.54) is 12.0 Å². The first-order valence-corrected chi connectivity index (χ1v) is 12.1. The van der Waals surface area contributed by atoms with Crippen LogP contribution in [0.3, 0.4) is 0 Å². The second kappa shape index (κ2) is 9.55. The number of fused-ring (bicyclic) bond motifs is 2. The molecule has 2 unspecified atom stereocenters. The number of benzene rings is 2. The van der Waals surface area contributed by atoms with Crippen molar-refractivity contribution in [2.75, 3.05) is 13.7 Å². The molecule has 7 amide bonds. The second-order valence-corrected chi connectivity index (χ2v) is 9.46. The Morgan fingerprint density at radius 2 is 2.00 bits per heavy atom. The number of carbonyl (C=O) groups excluding carboxylic acids is 5.